The van der Waals surface area contributed by atoms with Crippen LogP contribution in [0.1, 0.15) is 33.3 Å². The molecule has 0 fully saturated rings. The number of hydrogen-bond donors (Lipinski definition) is 1. The third kappa shape index (κ3) is 5.73. The largest absolute Gasteiger partial charge is 0.492 e. The second-order valence-corrected chi connectivity index (χ2v) is 10.1. The molecule has 0 aromatic heterocycles. The van der Waals surface area contributed by atoms with Gasteiger partial charge in [0.15, 0.2) is 6.61 Å². The second kappa shape index (κ2) is 9.49. The Labute approximate surface area is 179 Å². The van der Waals surface area contributed by atoms with Crippen molar-refractivity contribution >= 4 is 21.6 Å². The maximum absolute atomic E-state index is 12.6. The van der Waals surface area contributed by atoms with Crippen LogP contribution in [0.4, 0.5) is 5.69 Å². The molecule has 0 aliphatic heterocycles. The van der Waals surface area contributed by atoms with Crippen molar-refractivity contribution in [1.82, 2.24) is 4.31 Å². The quantitative estimate of drug-likeness (QED) is 0.686. The summed E-state index contributed by atoms with van der Waals surface area (Å²) in [5, 5.41) is 2.69. The topological polar surface area (TPSA) is 84.9 Å². The molecule has 7 nitrogen and oxygen atoms in total. The van der Waals surface area contributed by atoms with E-state index in [-0.39, 0.29) is 22.7 Å². The summed E-state index contributed by atoms with van der Waals surface area (Å²) in [6.45, 7) is 8.11. The number of nitrogens with zero attached hydrogens (tertiary/aromatic N) is 1. The average Bonchev–Trinajstić information content (AvgIpc) is 2.67. The standard InChI is InChI=1S/C22H30N2O5S/c1-7-28-19-13-12-16(14-20(19)30(26,27)24(5)6)23-21(25)15-29-18-11-9-8-10-17(18)22(2,3)4/h8-14H,7,15H2,1-6H3,(H,23,25). The molecule has 0 saturated heterocycles. The molecule has 0 aliphatic rings. The second-order valence-electron chi connectivity index (χ2n) is 7.96. The zero-order valence-electron chi connectivity index (χ0n) is 18.4. The maximum Gasteiger partial charge on any atom is 0.262 e. The number of para-hydroxylation sites is 1. The zero-order valence-corrected chi connectivity index (χ0v) is 19.2. The molecule has 2 aromatic rings. The number of hydrogen-bond acceptors (Lipinski definition) is 5. The average molecular weight is 435 g/mol. The molecule has 2 aromatic carbocycles. The Morgan fingerprint density at radius 2 is 1.70 bits per heavy atom. The molecule has 0 unspecified atom stereocenters. The van der Waals surface area contributed by atoms with Gasteiger partial charge >= 0.3 is 0 Å². The normalized spacial score (nSPS) is 12.0. The van der Waals surface area contributed by atoms with Gasteiger partial charge in [0.1, 0.15) is 16.4 Å². The lowest BCUT2D eigenvalue weighted by Crippen LogP contribution is -2.24. The van der Waals surface area contributed by atoms with E-state index in [0.717, 1.165) is 9.87 Å². The van der Waals surface area contributed by atoms with Crippen molar-refractivity contribution in [3.63, 3.8) is 0 Å². The number of carbonyl (C=O) groups is 1. The van der Waals surface area contributed by atoms with Crippen LogP contribution < -0.4 is 14.8 Å². The van der Waals surface area contributed by atoms with Crippen molar-refractivity contribution in [3.8, 4) is 11.5 Å². The fourth-order valence-corrected chi connectivity index (χ4v) is 3.86. The number of benzene rings is 2. The predicted octanol–water partition coefficient (Wildman–Crippen LogP) is 3.65. The van der Waals surface area contributed by atoms with Crippen LogP contribution in [0.15, 0.2) is 47.4 Å². The van der Waals surface area contributed by atoms with Gasteiger partial charge in [-0.2, -0.15) is 0 Å². The van der Waals surface area contributed by atoms with Crippen molar-refractivity contribution < 1.29 is 22.7 Å². The summed E-state index contributed by atoms with van der Waals surface area (Å²) in [5.41, 5.74) is 1.22. The van der Waals surface area contributed by atoms with Gasteiger partial charge in [-0.3, -0.25) is 4.79 Å². The summed E-state index contributed by atoms with van der Waals surface area (Å²) in [4.78, 5) is 12.4. The molecule has 0 spiro atoms. The van der Waals surface area contributed by atoms with E-state index in [1.165, 1.54) is 26.2 Å². The van der Waals surface area contributed by atoms with Crippen LogP contribution in [0, 0.1) is 0 Å². The Morgan fingerprint density at radius 3 is 2.30 bits per heavy atom. The minimum absolute atomic E-state index is 0.00820. The number of sulfonamides is 1. The van der Waals surface area contributed by atoms with Gasteiger partial charge in [0, 0.05) is 19.8 Å². The molecule has 2 rings (SSSR count). The van der Waals surface area contributed by atoms with Gasteiger partial charge in [0.05, 0.1) is 6.61 Å². The van der Waals surface area contributed by atoms with Crippen molar-refractivity contribution in [1.29, 1.82) is 0 Å². The molecule has 0 radical (unpaired) electrons. The Kier molecular flexibility index (Phi) is 7.49. The van der Waals surface area contributed by atoms with Crippen LogP contribution in [0.25, 0.3) is 0 Å². The van der Waals surface area contributed by atoms with Gasteiger partial charge in [0.2, 0.25) is 10.0 Å². The van der Waals surface area contributed by atoms with Crippen LogP contribution >= 0.6 is 0 Å². The van der Waals surface area contributed by atoms with E-state index in [9.17, 15) is 13.2 Å². The number of ether oxygens (including phenoxy) is 2. The molecule has 0 saturated carbocycles. The fourth-order valence-electron chi connectivity index (χ4n) is 2.81. The number of carbonyl (C=O) groups excluding carboxylic acids is 1. The fraction of sp³-hybridized carbons (Fsp3) is 0.409. The molecule has 8 heteroatoms. The van der Waals surface area contributed by atoms with E-state index in [1.807, 2.05) is 24.3 Å². The van der Waals surface area contributed by atoms with E-state index < -0.39 is 15.9 Å². The van der Waals surface area contributed by atoms with Crippen LogP contribution in [0.2, 0.25) is 0 Å². The highest BCUT2D eigenvalue weighted by molar-refractivity contribution is 7.89. The van der Waals surface area contributed by atoms with Crippen molar-refractivity contribution in [3.05, 3.63) is 48.0 Å². The van der Waals surface area contributed by atoms with Crippen LogP contribution in [-0.4, -0.2) is 45.9 Å². The Morgan fingerprint density at radius 1 is 1.03 bits per heavy atom. The van der Waals surface area contributed by atoms with E-state index >= 15 is 0 Å². The number of nitrogens with one attached hydrogen (secondary N) is 1. The lowest BCUT2D eigenvalue weighted by atomic mass is 9.86. The molecule has 0 atom stereocenters. The predicted molar refractivity (Wildman–Crippen MR) is 118 cm³/mol. The van der Waals surface area contributed by atoms with Gasteiger partial charge in [-0.1, -0.05) is 39.0 Å². The lowest BCUT2D eigenvalue weighted by Gasteiger charge is -2.22. The van der Waals surface area contributed by atoms with Crippen LogP contribution in [0.5, 0.6) is 11.5 Å². The Hall–Kier alpha value is -2.58. The van der Waals surface area contributed by atoms with Crippen molar-refractivity contribution in [2.75, 3.05) is 32.6 Å². The highest BCUT2D eigenvalue weighted by Crippen LogP contribution is 2.31. The third-order valence-corrected chi connectivity index (χ3v) is 6.18. The SMILES string of the molecule is CCOc1ccc(NC(=O)COc2ccccc2C(C)(C)C)cc1S(=O)(=O)N(C)C. The van der Waals surface area contributed by atoms with Gasteiger partial charge in [-0.15, -0.1) is 0 Å². The summed E-state index contributed by atoms with van der Waals surface area (Å²) in [5.74, 6) is 0.485. The summed E-state index contributed by atoms with van der Waals surface area (Å²) in [7, 11) is -0.857. The van der Waals surface area contributed by atoms with Crippen LogP contribution in [0.3, 0.4) is 0 Å². The summed E-state index contributed by atoms with van der Waals surface area (Å²) >= 11 is 0. The third-order valence-electron chi connectivity index (χ3n) is 4.34. The van der Waals surface area contributed by atoms with Gasteiger partial charge in [0.25, 0.3) is 5.91 Å². The zero-order chi connectivity index (χ0) is 22.5. The molecule has 1 amide bonds. The van der Waals surface area contributed by atoms with Crippen molar-refractivity contribution in [2.45, 2.75) is 38.0 Å². The molecule has 30 heavy (non-hydrogen) atoms. The van der Waals surface area contributed by atoms with Gasteiger partial charge in [-0.05, 0) is 42.2 Å². The number of rotatable bonds is 8. The Bertz CT molecular complexity index is 995. The minimum Gasteiger partial charge on any atom is -0.492 e. The first kappa shape index (κ1) is 23.7. The lowest BCUT2D eigenvalue weighted by molar-refractivity contribution is -0.118. The van der Waals surface area contributed by atoms with E-state index in [1.54, 1.807) is 13.0 Å². The highest BCUT2D eigenvalue weighted by atomic mass is 32.2. The summed E-state index contributed by atoms with van der Waals surface area (Å²) in [6, 6.07) is 12.1. The monoisotopic (exact) mass is 434 g/mol. The molecule has 0 bridgehead atoms. The summed E-state index contributed by atoms with van der Waals surface area (Å²) in [6.07, 6.45) is 0. The number of amides is 1. The molecular formula is C22H30N2O5S. The molecular weight excluding hydrogens is 404 g/mol. The van der Waals surface area contributed by atoms with Crippen molar-refractivity contribution in [2.24, 2.45) is 0 Å². The number of anilines is 1. The first-order valence-corrected chi connectivity index (χ1v) is 11.1. The smallest absolute Gasteiger partial charge is 0.262 e. The molecule has 0 aliphatic carbocycles. The molecule has 1 N–H and O–H groups in total. The van der Waals surface area contributed by atoms with Crippen LogP contribution in [-0.2, 0) is 20.2 Å². The summed E-state index contributed by atoms with van der Waals surface area (Å²) < 4.78 is 37.5. The highest BCUT2D eigenvalue weighted by Gasteiger charge is 2.23. The first-order chi connectivity index (χ1) is 14.0. The van der Waals surface area contributed by atoms with Gasteiger partial charge < -0.3 is 14.8 Å². The first-order valence-electron chi connectivity index (χ1n) is 9.68. The minimum atomic E-state index is -3.74. The van der Waals surface area contributed by atoms with E-state index in [4.69, 9.17) is 9.47 Å². The molecule has 164 valence electrons. The van der Waals surface area contributed by atoms with Gasteiger partial charge in [-0.25, -0.2) is 12.7 Å². The van der Waals surface area contributed by atoms with E-state index in [0.29, 0.717) is 18.0 Å². The Balaban J connectivity index is 2.18. The maximum atomic E-state index is 12.6. The molecule has 0 heterocycles. The van der Waals surface area contributed by atoms with E-state index in [2.05, 4.69) is 26.1 Å².